The number of ether oxygens (including phenoxy) is 2. The molecule has 4 nitrogen and oxygen atoms in total. The molecule has 0 heterocycles. The van der Waals surface area contributed by atoms with Gasteiger partial charge in [-0.05, 0) is 55.7 Å². The summed E-state index contributed by atoms with van der Waals surface area (Å²) < 4.78 is 10.9. The number of benzene rings is 2. The Balaban J connectivity index is 1.78. The summed E-state index contributed by atoms with van der Waals surface area (Å²) in [6.07, 6.45) is 1.07. The molecule has 0 aliphatic heterocycles. The van der Waals surface area contributed by atoms with Gasteiger partial charge in [-0.1, -0.05) is 18.2 Å². The van der Waals surface area contributed by atoms with Gasteiger partial charge in [-0.3, -0.25) is 4.79 Å². The molecule has 1 amide bonds. The smallest absolute Gasteiger partial charge is 0.224 e. The van der Waals surface area contributed by atoms with Crippen molar-refractivity contribution < 1.29 is 14.3 Å². The van der Waals surface area contributed by atoms with E-state index in [1.54, 1.807) is 7.11 Å². The molecule has 2 rings (SSSR count). The summed E-state index contributed by atoms with van der Waals surface area (Å²) in [6, 6.07) is 13.6. The Morgan fingerprint density at radius 2 is 1.87 bits per heavy atom. The normalized spacial score (nSPS) is 10.2. The van der Waals surface area contributed by atoms with E-state index in [0.717, 1.165) is 16.9 Å². The van der Waals surface area contributed by atoms with Crippen molar-refractivity contribution in [3.05, 3.63) is 53.6 Å². The van der Waals surface area contributed by atoms with Crippen molar-refractivity contribution in [2.45, 2.75) is 26.7 Å². The Bertz CT molecular complexity index is 667. The molecule has 0 unspecified atom stereocenters. The van der Waals surface area contributed by atoms with E-state index in [9.17, 15) is 4.79 Å². The summed E-state index contributed by atoms with van der Waals surface area (Å²) in [7, 11) is 1.59. The number of carbonyl (C=O) groups excluding carboxylic acids is 1. The lowest BCUT2D eigenvalue weighted by molar-refractivity contribution is -0.116. The van der Waals surface area contributed by atoms with Gasteiger partial charge in [0.1, 0.15) is 11.5 Å². The number of hydrogen-bond acceptors (Lipinski definition) is 3. The predicted molar refractivity (Wildman–Crippen MR) is 92.3 cm³/mol. The van der Waals surface area contributed by atoms with E-state index in [0.29, 0.717) is 30.9 Å². The lowest BCUT2D eigenvalue weighted by Gasteiger charge is -2.11. The van der Waals surface area contributed by atoms with Crippen molar-refractivity contribution in [1.29, 1.82) is 0 Å². The van der Waals surface area contributed by atoms with E-state index in [2.05, 4.69) is 5.32 Å². The third-order valence-corrected chi connectivity index (χ3v) is 3.44. The third-order valence-electron chi connectivity index (χ3n) is 3.44. The first kappa shape index (κ1) is 16.9. The molecule has 0 fully saturated rings. The first-order chi connectivity index (χ1) is 11.1. The summed E-state index contributed by atoms with van der Waals surface area (Å²) >= 11 is 0. The number of rotatable bonds is 7. The maximum absolute atomic E-state index is 12.0. The average Bonchev–Trinajstić information content (AvgIpc) is 2.52. The Morgan fingerprint density at radius 3 is 2.61 bits per heavy atom. The zero-order valence-electron chi connectivity index (χ0n) is 13.9. The van der Waals surface area contributed by atoms with Gasteiger partial charge in [-0.15, -0.1) is 0 Å². The molecular formula is C19H23NO3. The number of anilines is 1. The van der Waals surface area contributed by atoms with Gasteiger partial charge in [-0.2, -0.15) is 0 Å². The fraction of sp³-hybridized carbons (Fsp3) is 0.316. The molecule has 0 bridgehead atoms. The van der Waals surface area contributed by atoms with Gasteiger partial charge in [-0.25, -0.2) is 0 Å². The van der Waals surface area contributed by atoms with E-state index in [1.165, 1.54) is 0 Å². The Hall–Kier alpha value is -2.49. The molecular weight excluding hydrogens is 290 g/mol. The van der Waals surface area contributed by atoms with Crippen LogP contribution in [-0.2, 0) is 4.79 Å². The van der Waals surface area contributed by atoms with Crippen molar-refractivity contribution in [3.8, 4) is 11.5 Å². The molecule has 23 heavy (non-hydrogen) atoms. The zero-order valence-corrected chi connectivity index (χ0v) is 13.9. The molecule has 0 aromatic heterocycles. The Labute approximate surface area is 137 Å². The molecule has 0 aliphatic carbocycles. The van der Waals surface area contributed by atoms with Crippen molar-refractivity contribution >= 4 is 11.6 Å². The predicted octanol–water partition coefficient (Wildman–Crippen LogP) is 4.11. The van der Waals surface area contributed by atoms with Crippen LogP contribution in [0.15, 0.2) is 42.5 Å². The molecule has 2 aromatic rings. The van der Waals surface area contributed by atoms with Crippen LogP contribution in [0, 0.1) is 13.8 Å². The summed E-state index contributed by atoms with van der Waals surface area (Å²) in [6.45, 7) is 4.52. The fourth-order valence-electron chi connectivity index (χ4n) is 2.26. The summed E-state index contributed by atoms with van der Waals surface area (Å²) in [5.74, 6) is 1.47. The Morgan fingerprint density at radius 1 is 1.09 bits per heavy atom. The standard InChI is InChI=1S/C19H23NO3/c1-14-6-4-7-16(12-14)23-11-5-8-19(21)20-17-13-15(2)9-10-18(17)22-3/h4,6-7,9-10,12-13H,5,8,11H2,1-3H3,(H,20,21). The van der Waals surface area contributed by atoms with E-state index in [1.807, 2.05) is 56.3 Å². The van der Waals surface area contributed by atoms with Gasteiger partial charge >= 0.3 is 0 Å². The summed E-state index contributed by atoms with van der Waals surface area (Å²) in [5.41, 5.74) is 2.94. The second-order valence-corrected chi connectivity index (χ2v) is 5.52. The van der Waals surface area contributed by atoms with Gasteiger partial charge in [0, 0.05) is 6.42 Å². The number of aryl methyl sites for hydroxylation is 2. The minimum absolute atomic E-state index is 0.0401. The number of nitrogens with one attached hydrogen (secondary N) is 1. The second-order valence-electron chi connectivity index (χ2n) is 5.52. The lowest BCUT2D eigenvalue weighted by Crippen LogP contribution is -2.13. The number of hydrogen-bond donors (Lipinski definition) is 1. The summed E-state index contributed by atoms with van der Waals surface area (Å²) in [4.78, 5) is 12.0. The second kappa shape index (κ2) is 8.22. The molecule has 122 valence electrons. The number of amides is 1. The van der Waals surface area contributed by atoms with Gasteiger partial charge in [0.25, 0.3) is 0 Å². The van der Waals surface area contributed by atoms with Gasteiger partial charge in [0.15, 0.2) is 0 Å². The van der Waals surface area contributed by atoms with Crippen LogP contribution in [0.2, 0.25) is 0 Å². The van der Waals surface area contributed by atoms with E-state index < -0.39 is 0 Å². The maximum Gasteiger partial charge on any atom is 0.224 e. The fourth-order valence-corrected chi connectivity index (χ4v) is 2.26. The van der Waals surface area contributed by atoms with Crippen molar-refractivity contribution in [3.63, 3.8) is 0 Å². The van der Waals surface area contributed by atoms with Crippen LogP contribution in [0.25, 0.3) is 0 Å². The summed E-state index contributed by atoms with van der Waals surface area (Å²) in [5, 5.41) is 2.89. The molecule has 0 saturated heterocycles. The number of methoxy groups -OCH3 is 1. The highest BCUT2D eigenvalue weighted by Crippen LogP contribution is 2.25. The van der Waals surface area contributed by atoms with Crippen LogP contribution >= 0.6 is 0 Å². The highest BCUT2D eigenvalue weighted by atomic mass is 16.5. The average molecular weight is 313 g/mol. The Kier molecular flexibility index (Phi) is 6.03. The quantitative estimate of drug-likeness (QED) is 0.783. The lowest BCUT2D eigenvalue weighted by atomic mass is 10.2. The van der Waals surface area contributed by atoms with E-state index in [4.69, 9.17) is 9.47 Å². The van der Waals surface area contributed by atoms with Crippen LogP contribution in [0.4, 0.5) is 5.69 Å². The van der Waals surface area contributed by atoms with Crippen LogP contribution in [0.5, 0.6) is 11.5 Å². The molecule has 0 saturated carbocycles. The van der Waals surface area contributed by atoms with Crippen LogP contribution in [-0.4, -0.2) is 19.6 Å². The first-order valence-corrected chi connectivity index (χ1v) is 7.72. The molecule has 0 atom stereocenters. The largest absolute Gasteiger partial charge is 0.495 e. The first-order valence-electron chi connectivity index (χ1n) is 7.72. The van der Waals surface area contributed by atoms with E-state index in [-0.39, 0.29) is 5.91 Å². The van der Waals surface area contributed by atoms with Crippen molar-refractivity contribution in [2.75, 3.05) is 19.0 Å². The maximum atomic E-state index is 12.0. The molecule has 1 N–H and O–H groups in total. The van der Waals surface area contributed by atoms with Gasteiger partial charge in [0.2, 0.25) is 5.91 Å². The van der Waals surface area contributed by atoms with Crippen molar-refractivity contribution in [1.82, 2.24) is 0 Å². The van der Waals surface area contributed by atoms with Crippen LogP contribution in [0.3, 0.4) is 0 Å². The minimum atomic E-state index is -0.0401. The minimum Gasteiger partial charge on any atom is -0.495 e. The van der Waals surface area contributed by atoms with Gasteiger partial charge < -0.3 is 14.8 Å². The van der Waals surface area contributed by atoms with Crippen LogP contribution < -0.4 is 14.8 Å². The molecule has 2 aromatic carbocycles. The van der Waals surface area contributed by atoms with Gasteiger partial charge in [0.05, 0.1) is 19.4 Å². The van der Waals surface area contributed by atoms with Crippen LogP contribution in [0.1, 0.15) is 24.0 Å². The molecule has 0 spiro atoms. The topological polar surface area (TPSA) is 47.6 Å². The molecule has 0 radical (unpaired) electrons. The molecule has 0 aliphatic rings. The zero-order chi connectivity index (χ0) is 16.7. The van der Waals surface area contributed by atoms with Crippen molar-refractivity contribution in [2.24, 2.45) is 0 Å². The third kappa shape index (κ3) is 5.33. The monoisotopic (exact) mass is 313 g/mol. The molecule has 4 heteroatoms. The SMILES string of the molecule is COc1ccc(C)cc1NC(=O)CCCOc1cccc(C)c1. The number of carbonyl (C=O) groups is 1. The van der Waals surface area contributed by atoms with E-state index >= 15 is 0 Å². The highest BCUT2D eigenvalue weighted by molar-refractivity contribution is 5.92. The highest BCUT2D eigenvalue weighted by Gasteiger charge is 2.08.